The molecule has 0 spiro atoms. The molecule has 0 saturated heterocycles. The lowest BCUT2D eigenvalue weighted by molar-refractivity contribution is 0.0953. The Labute approximate surface area is 129 Å². The van der Waals surface area contributed by atoms with Gasteiger partial charge in [-0.2, -0.15) is 0 Å². The lowest BCUT2D eigenvalue weighted by Gasteiger charge is -2.09. The quantitative estimate of drug-likeness (QED) is 0.647. The number of benzene rings is 2. The summed E-state index contributed by atoms with van der Waals surface area (Å²) in [6.07, 6.45) is 2.79. The van der Waals surface area contributed by atoms with Crippen LogP contribution in [0.5, 0.6) is 0 Å². The lowest BCUT2D eigenvalue weighted by atomic mass is 10.1. The summed E-state index contributed by atoms with van der Waals surface area (Å²) in [6, 6.07) is 13.6. The Kier molecular flexibility index (Phi) is 3.83. The zero-order valence-corrected chi connectivity index (χ0v) is 12.5. The number of hydrogen-bond acceptors (Lipinski definition) is 2. The van der Waals surface area contributed by atoms with Gasteiger partial charge in [0.15, 0.2) is 0 Å². The number of H-pyrrole nitrogens is 1. The van der Waals surface area contributed by atoms with Crippen molar-refractivity contribution in [3.05, 3.63) is 65.4 Å². The molecule has 3 aromatic rings. The van der Waals surface area contributed by atoms with Crippen molar-refractivity contribution in [1.82, 2.24) is 10.3 Å². The van der Waals surface area contributed by atoms with Gasteiger partial charge in [0, 0.05) is 34.9 Å². The van der Waals surface area contributed by atoms with E-state index in [9.17, 15) is 4.79 Å². The SMILES string of the molecule is Cc1c(N)cccc1C(=O)NCCc1c[nH]c2ccccc12. The molecule has 112 valence electrons. The maximum Gasteiger partial charge on any atom is 0.251 e. The highest BCUT2D eigenvalue weighted by Crippen LogP contribution is 2.18. The van der Waals surface area contributed by atoms with Crippen molar-refractivity contribution in [3.63, 3.8) is 0 Å². The van der Waals surface area contributed by atoms with Gasteiger partial charge in [0.25, 0.3) is 5.91 Å². The van der Waals surface area contributed by atoms with Crippen molar-refractivity contribution in [3.8, 4) is 0 Å². The molecule has 0 aliphatic carbocycles. The highest BCUT2D eigenvalue weighted by molar-refractivity contribution is 5.96. The van der Waals surface area contributed by atoms with E-state index in [1.807, 2.05) is 31.3 Å². The first-order valence-corrected chi connectivity index (χ1v) is 7.35. The van der Waals surface area contributed by atoms with Gasteiger partial charge in [-0.15, -0.1) is 0 Å². The van der Waals surface area contributed by atoms with Gasteiger partial charge in [-0.05, 0) is 42.7 Å². The first kappa shape index (κ1) is 14.2. The van der Waals surface area contributed by atoms with Crippen molar-refractivity contribution in [1.29, 1.82) is 0 Å². The Hall–Kier alpha value is -2.75. The Morgan fingerprint density at radius 3 is 2.86 bits per heavy atom. The maximum absolute atomic E-state index is 12.2. The van der Waals surface area contributed by atoms with Crippen LogP contribution < -0.4 is 11.1 Å². The number of aromatic amines is 1. The van der Waals surface area contributed by atoms with Gasteiger partial charge in [0.2, 0.25) is 0 Å². The lowest BCUT2D eigenvalue weighted by Crippen LogP contribution is -2.26. The smallest absolute Gasteiger partial charge is 0.251 e. The number of rotatable bonds is 4. The number of amides is 1. The predicted molar refractivity (Wildman–Crippen MR) is 89.9 cm³/mol. The molecular weight excluding hydrogens is 274 g/mol. The average molecular weight is 293 g/mol. The standard InChI is InChI=1S/C18H19N3O/c1-12-14(6-4-7-16(12)19)18(22)20-10-9-13-11-21-17-8-3-2-5-15(13)17/h2-8,11,21H,9-10,19H2,1H3,(H,20,22). The topological polar surface area (TPSA) is 70.9 Å². The van der Waals surface area contributed by atoms with E-state index in [1.165, 1.54) is 10.9 Å². The first-order chi connectivity index (χ1) is 10.7. The molecule has 2 aromatic carbocycles. The number of hydrogen-bond donors (Lipinski definition) is 3. The van der Waals surface area contributed by atoms with Crippen LogP contribution in [0.1, 0.15) is 21.5 Å². The van der Waals surface area contributed by atoms with Crippen molar-refractivity contribution in [2.75, 3.05) is 12.3 Å². The molecule has 0 aliphatic heterocycles. The van der Waals surface area contributed by atoms with E-state index >= 15 is 0 Å². The molecule has 1 aromatic heterocycles. The molecule has 0 bridgehead atoms. The van der Waals surface area contributed by atoms with Crippen molar-refractivity contribution in [2.45, 2.75) is 13.3 Å². The van der Waals surface area contributed by atoms with Crippen molar-refractivity contribution < 1.29 is 4.79 Å². The number of fused-ring (bicyclic) bond motifs is 1. The molecule has 22 heavy (non-hydrogen) atoms. The molecule has 1 heterocycles. The molecule has 0 atom stereocenters. The number of aromatic nitrogens is 1. The minimum Gasteiger partial charge on any atom is -0.398 e. The third kappa shape index (κ3) is 2.68. The average Bonchev–Trinajstić information content (AvgIpc) is 2.93. The number of carbonyl (C=O) groups excluding carboxylic acids is 1. The number of nitrogens with two attached hydrogens (primary N) is 1. The third-order valence-electron chi connectivity index (χ3n) is 3.98. The summed E-state index contributed by atoms with van der Waals surface area (Å²) in [4.78, 5) is 15.5. The maximum atomic E-state index is 12.2. The molecule has 0 unspecified atom stereocenters. The van der Waals surface area contributed by atoms with Crippen LogP contribution in [0.25, 0.3) is 10.9 Å². The molecule has 0 radical (unpaired) electrons. The number of nitrogen functional groups attached to an aromatic ring is 1. The van der Waals surface area contributed by atoms with Gasteiger partial charge in [-0.3, -0.25) is 4.79 Å². The van der Waals surface area contributed by atoms with E-state index in [0.717, 1.165) is 17.5 Å². The van der Waals surface area contributed by atoms with Crippen LogP contribution in [0.4, 0.5) is 5.69 Å². The van der Waals surface area contributed by atoms with Gasteiger partial charge >= 0.3 is 0 Å². The summed E-state index contributed by atoms with van der Waals surface area (Å²) in [6.45, 7) is 2.46. The van der Waals surface area contributed by atoms with Gasteiger partial charge in [0.05, 0.1) is 0 Å². The second kappa shape index (κ2) is 5.93. The van der Waals surface area contributed by atoms with Crippen LogP contribution in [0.15, 0.2) is 48.7 Å². The molecule has 4 heteroatoms. The molecule has 0 saturated carbocycles. The van der Waals surface area contributed by atoms with Crippen LogP contribution in [0.2, 0.25) is 0 Å². The largest absolute Gasteiger partial charge is 0.398 e. The van der Waals surface area contributed by atoms with Crippen LogP contribution >= 0.6 is 0 Å². The molecule has 4 N–H and O–H groups in total. The molecule has 3 rings (SSSR count). The third-order valence-corrected chi connectivity index (χ3v) is 3.98. The summed E-state index contributed by atoms with van der Waals surface area (Å²) < 4.78 is 0. The fraction of sp³-hybridized carbons (Fsp3) is 0.167. The Bertz CT molecular complexity index is 820. The monoisotopic (exact) mass is 293 g/mol. The van der Waals surface area contributed by atoms with E-state index in [4.69, 9.17) is 5.73 Å². The summed E-state index contributed by atoms with van der Waals surface area (Å²) in [7, 11) is 0. The normalized spacial score (nSPS) is 10.8. The summed E-state index contributed by atoms with van der Waals surface area (Å²) in [5.41, 5.74) is 10.3. The van der Waals surface area contributed by atoms with E-state index in [1.54, 1.807) is 18.2 Å². The predicted octanol–water partition coefficient (Wildman–Crippen LogP) is 3.03. The van der Waals surface area contributed by atoms with Crippen molar-refractivity contribution >= 4 is 22.5 Å². The Morgan fingerprint density at radius 2 is 2.00 bits per heavy atom. The summed E-state index contributed by atoms with van der Waals surface area (Å²) in [5.74, 6) is -0.0790. The minimum atomic E-state index is -0.0790. The Morgan fingerprint density at radius 1 is 1.18 bits per heavy atom. The van der Waals surface area contributed by atoms with Crippen molar-refractivity contribution in [2.24, 2.45) is 0 Å². The zero-order valence-electron chi connectivity index (χ0n) is 12.5. The molecule has 0 fully saturated rings. The highest BCUT2D eigenvalue weighted by atomic mass is 16.1. The second-order valence-corrected chi connectivity index (χ2v) is 5.39. The number of anilines is 1. The van der Waals surface area contributed by atoms with Crippen LogP contribution in [0.3, 0.4) is 0 Å². The molecule has 0 aliphatic rings. The number of carbonyl (C=O) groups is 1. The van der Waals surface area contributed by atoms with Gasteiger partial charge in [0.1, 0.15) is 0 Å². The Balaban J connectivity index is 1.66. The van der Waals surface area contributed by atoms with Crippen LogP contribution in [-0.4, -0.2) is 17.4 Å². The first-order valence-electron chi connectivity index (χ1n) is 7.35. The van der Waals surface area contributed by atoms with Crippen LogP contribution in [0, 0.1) is 6.92 Å². The van der Waals surface area contributed by atoms with Gasteiger partial charge < -0.3 is 16.0 Å². The molecule has 4 nitrogen and oxygen atoms in total. The fourth-order valence-corrected chi connectivity index (χ4v) is 2.64. The van der Waals surface area contributed by atoms with Gasteiger partial charge in [-0.25, -0.2) is 0 Å². The summed E-state index contributed by atoms with van der Waals surface area (Å²) >= 11 is 0. The summed E-state index contributed by atoms with van der Waals surface area (Å²) in [5, 5.41) is 4.17. The molecule has 1 amide bonds. The zero-order chi connectivity index (χ0) is 15.5. The van der Waals surface area contributed by atoms with Crippen LogP contribution in [-0.2, 0) is 6.42 Å². The second-order valence-electron chi connectivity index (χ2n) is 5.39. The van der Waals surface area contributed by atoms with Gasteiger partial charge in [-0.1, -0.05) is 24.3 Å². The van der Waals surface area contributed by atoms with E-state index < -0.39 is 0 Å². The molecular formula is C18H19N3O. The van der Waals surface area contributed by atoms with E-state index in [-0.39, 0.29) is 5.91 Å². The fourth-order valence-electron chi connectivity index (χ4n) is 2.64. The van der Waals surface area contributed by atoms with E-state index in [2.05, 4.69) is 16.4 Å². The minimum absolute atomic E-state index is 0.0790. The number of nitrogens with one attached hydrogen (secondary N) is 2. The highest BCUT2D eigenvalue weighted by Gasteiger charge is 2.10. The number of para-hydroxylation sites is 1. The van der Waals surface area contributed by atoms with E-state index in [0.29, 0.717) is 17.8 Å².